The van der Waals surface area contributed by atoms with E-state index in [2.05, 4.69) is 76.6 Å². The Bertz CT molecular complexity index is 1450. The van der Waals surface area contributed by atoms with Gasteiger partial charge in [0.15, 0.2) is 0 Å². The van der Waals surface area contributed by atoms with E-state index in [9.17, 15) is 0 Å². The van der Waals surface area contributed by atoms with Crippen LogP contribution in [0.3, 0.4) is 0 Å². The summed E-state index contributed by atoms with van der Waals surface area (Å²) in [6.45, 7) is 2.12. The number of aliphatic hydroxyl groups excluding tert-OH is 4. The standard InChI is InChI=1S/C30H26N4.4CH4O.2ClHO4.Mn/c1-3-11-24(12-4-1)29-18-9-16-27(32-29)22-34(21-26-15-7-8-20-31-26)23-28-17-10-19-30(33-28)25-13-5-2-6-14-25;4*1-2;2*2-1(3,4)5;/h1-20H,21-23H2;4*2H,1H3;2*(H,2,3,4,5);/q;;;;;;;+3/p-2. The van der Waals surface area contributed by atoms with E-state index in [4.69, 9.17) is 67.7 Å². The number of halogens is 2. The van der Waals surface area contributed by atoms with Gasteiger partial charge in [-0.2, -0.15) is 0 Å². The SMILES string of the molecule is CO.CO.CO.CO.[Mn+3].[O-][Cl+3]([O-])([O-])[O-].[O-][Cl+3]([O-])([O-])[O-].c1ccc(-c2cccc(CN(Cc3ccccn3)Cc3cccc(-c4ccccc4)n3)n2)cc1. The molecule has 5 aromatic rings. The Morgan fingerprint density at radius 3 is 1.06 bits per heavy atom. The number of pyridine rings is 3. The van der Waals surface area contributed by atoms with E-state index < -0.39 is 20.5 Å². The fourth-order valence-electron chi connectivity index (χ4n) is 4.02. The molecule has 16 nitrogen and oxygen atoms in total. The van der Waals surface area contributed by atoms with Gasteiger partial charge in [0, 0.05) is 65.4 Å². The zero-order valence-corrected chi connectivity index (χ0v) is 31.8. The van der Waals surface area contributed by atoms with Crippen LogP contribution >= 0.6 is 0 Å². The third-order valence-electron chi connectivity index (χ3n) is 5.64. The maximum Gasteiger partial charge on any atom is 3.00 e. The smallest absolute Gasteiger partial charge is 0.400 e. The second-order valence-electron chi connectivity index (χ2n) is 8.98. The van der Waals surface area contributed by atoms with Gasteiger partial charge in [-0.15, -0.1) is 20.5 Å². The Morgan fingerprint density at radius 2 is 0.736 bits per heavy atom. The van der Waals surface area contributed by atoms with Crippen molar-refractivity contribution in [1.82, 2.24) is 19.9 Å². The third kappa shape index (κ3) is 28.6. The molecule has 4 N–H and O–H groups in total. The second kappa shape index (κ2) is 31.9. The van der Waals surface area contributed by atoms with Crippen LogP contribution in [0.25, 0.3) is 22.5 Å². The van der Waals surface area contributed by atoms with Crippen molar-refractivity contribution in [1.29, 1.82) is 0 Å². The molecule has 0 amide bonds. The van der Waals surface area contributed by atoms with E-state index in [1.54, 1.807) is 0 Å². The summed E-state index contributed by atoms with van der Waals surface area (Å²) in [4.78, 5) is 16.8. The maximum absolute atomic E-state index is 8.49. The van der Waals surface area contributed by atoms with Gasteiger partial charge >= 0.3 is 17.1 Å². The second-order valence-corrected chi connectivity index (χ2v) is 10.5. The van der Waals surface area contributed by atoms with Crippen molar-refractivity contribution in [3.63, 3.8) is 0 Å². The van der Waals surface area contributed by atoms with Crippen LogP contribution in [-0.4, -0.2) is 68.7 Å². The molecule has 0 aliphatic carbocycles. The van der Waals surface area contributed by atoms with Crippen molar-refractivity contribution in [2.75, 3.05) is 28.4 Å². The largest absolute Gasteiger partial charge is 3.00 e. The van der Waals surface area contributed by atoms with E-state index in [0.29, 0.717) is 13.1 Å². The first-order valence-corrected chi connectivity index (χ1v) is 17.0. The van der Waals surface area contributed by atoms with Crippen LogP contribution in [0.2, 0.25) is 0 Å². The molecule has 2 aromatic carbocycles. The van der Waals surface area contributed by atoms with Crippen LogP contribution in [0.4, 0.5) is 0 Å². The van der Waals surface area contributed by atoms with Crippen LogP contribution < -0.4 is 37.3 Å². The van der Waals surface area contributed by atoms with Gasteiger partial charge in [0.2, 0.25) is 0 Å². The molecular formula is C34H42Cl2MnN4O12+. The molecule has 290 valence electrons. The Morgan fingerprint density at radius 1 is 0.434 bits per heavy atom. The van der Waals surface area contributed by atoms with Crippen molar-refractivity contribution >= 4 is 0 Å². The van der Waals surface area contributed by atoms with E-state index in [1.807, 2.05) is 54.7 Å². The minimum absolute atomic E-state index is 0. The summed E-state index contributed by atoms with van der Waals surface area (Å²) in [5, 5.41) is 28.0. The third-order valence-corrected chi connectivity index (χ3v) is 5.64. The molecule has 0 aliphatic heterocycles. The van der Waals surface area contributed by atoms with Gasteiger partial charge < -0.3 is 20.4 Å². The fraction of sp³-hybridized carbons (Fsp3) is 0.206. The van der Waals surface area contributed by atoms with Crippen molar-refractivity contribution < 1.29 is 95.3 Å². The minimum atomic E-state index is -4.94. The van der Waals surface area contributed by atoms with E-state index in [0.717, 1.165) is 74.6 Å². The van der Waals surface area contributed by atoms with Gasteiger partial charge in [0.05, 0.1) is 28.5 Å². The molecule has 0 atom stereocenters. The predicted molar refractivity (Wildman–Crippen MR) is 169 cm³/mol. The summed E-state index contributed by atoms with van der Waals surface area (Å²) in [6.07, 6.45) is 1.84. The average molecular weight is 825 g/mol. The molecule has 0 saturated carbocycles. The molecular weight excluding hydrogens is 782 g/mol. The first-order chi connectivity index (χ1) is 24.8. The van der Waals surface area contributed by atoms with Crippen LogP contribution in [-0.2, 0) is 36.7 Å². The molecule has 0 aliphatic rings. The van der Waals surface area contributed by atoms with Gasteiger partial charge in [-0.3, -0.25) is 19.9 Å². The Balaban J connectivity index is -0.00000112. The first-order valence-electron chi connectivity index (χ1n) is 14.5. The van der Waals surface area contributed by atoms with E-state index >= 15 is 0 Å². The molecule has 0 fully saturated rings. The van der Waals surface area contributed by atoms with Gasteiger partial charge in [-0.25, -0.2) is 37.3 Å². The predicted octanol–water partition coefficient (Wildman–Crippen LogP) is -4.67. The van der Waals surface area contributed by atoms with Crippen LogP contribution in [0.15, 0.2) is 121 Å². The first kappa shape index (κ1) is 53.8. The van der Waals surface area contributed by atoms with Crippen LogP contribution in [0, 0.1) is 20.5 Å². The normalized spacial score (nSPS) is 9.75. The number of hydrogen-bond donors (Lipinski definition) is 4. The summed E-state index contributed by atoms with van der Waals surface area (Å²) in [6, 6.07) is 39.1. The van der Waals surface area contributed by atoms with Crippen molar-refractivity contribution in [2.45, 2.75) is 19.6 Å². The topological polar surface area (TPSA) is 307 Å². The van der Waals surface area contributed by atoms with Crippen molar-refractivity contribution in [3.05, 3.63) is 139 Å². The van der Waals surface area contributed by atoms with Gasteiger partial charge in [0.1, 0.15) is 0 Å². The van der Waals surface area contributed by atoms with E-state index in [1.165, 1.54) is 0 Å². The molecule has 19 heteroatoms. The average Bonchev–Trinajstić information content (AvgIpc) is 3.15. The fourth-order valence-corrected chi connectivity index (χ4v) is 4.02. The molecule has 0 radical (unpaired) electrons. The van der Waals surface area contributed by atoms with Crippen molar-refractivity contribution in [3.8, 4) is 22.5 Å². The number of hydrogen-bond acceptors (Lipinski definition) is 16. The van der Waals surface area contributed by atoms with Crippen molar-refractivity contribution in [2.24, 2.45) is 0 Å². The number of rotatable bonds is 8. The number of benzene rings is 2. The zero-order chi connectivity index (χ0) is 40.0. The van der Waals surface area contributed by atoms with Gasteiger partial charge in [0.25, 0.3) is 0 Å². The Hall–Kier alpha value is -3.53. The molecule has 0 bridgehead atoms. The summed E-state index contributed by atoms with van der Waals surface area (Å²) in [5.41, 5.74) is 7.30. The zero-order valence-electron chi connectivity index (χ0n) is 29.1. The minimum Gasteiger partial charge on any atom is -0.400 e. The van der Waals surface area contributed by atoms with Crippen LogP contribution in [0.1, 0.15) is 17.1 Å². The summed E-state index contributed by atoms with van der Waals surface area (Å²) < 4.78 is 67.9. The molecule has 3 heterocycles. The molecule has 0 saturated heterocycles. The Kier molecular flexibility index (Phi) is 32.4. The quantitative estimate of drug-likeness (QED) is 0.107. The van der Waals surface area contributed by atoms with Crippen LogP contribution in [0.5, 0.6) is 0 Å². The summed E-state index contributed by atoms with van der Waals surface area (Å²) in [7, 11) is -5.89. The molecule has 0 spiro atoms. The number of aromatic nitrogens is 3. The molecule has 5 rings (SSSR count). The summed E-state index contributed by atoms with van der Waals surface area (Å²) in [5.74, 6) is 0. The molecule has 3 aromatic heterocycles. The molecule has 0 unspecified atom stereocenters. The monoisotopic (exact) mass is 823 g/mol. The number of aliphatic hydroxyl groups is 4. The summed E-state index contributed by atoms with van der Waals surface area (Å²) >= 11 is 0. The maximum atomic E-state index is 8.49. The van der Waals surface area contributed by atoms with Gasteiger partial charge in [-0.05, 0) is 36.4 Å². The van der Waals surface area contributed by atoms with E-state index in [-0.39, 0.29) is 17.1 Å². The number of nitrogens with zero attached hydrogens (tertiary/aromatic N) is 4. The van der Waals surface area contributed by atoms with Gasteiger partial charge in [-0.1, -0.05) is 78.9 Å². The molecule has 53 heavy (non-hydrogen) atoms. The Labute approximate surface area is 323 Å².